The Morgan fingerprint density at radius 3 is 1.91 bits per heavy atom. The number of rotatable bonds is 1. The van der Waals surface area contributed by atoms with Crippen LogP contribution in [0.5, 0.6) is 0 Å². The van der Waals surface area contributed by atoms with Crippen molar-refractivity contribution in [1.29, 1.82) is 0 Å². The molecule has 1 fully saturated rings. The second-order valence-corrected chi connectivity index (χ2v) is 2.71. The van der Waals surface area contributed by atoms with Crippen LogP contribution >= 0.6 is 0 Å². The van der Waals surface area contributed by atoms with E-state index in [0.717, 1.165) is 0 Å². The second kappa shape index (κ2) is 3.04. The van der Waals surface area contributed by atoms with Crippen LogP contribution in [0, 0.1) is 0 Å². The lowest BCUT2D eigenvalue weighted by Gasteiger charge is -2.16. The highest BCUT2D eigenvalue weighted by atomic mass is 16.6. The summed E-state index contributed by atoms with van der Waals surface area (Å²) in [4.78, 5) is 0. The first-order valence-electron chi connectivity index (χ1n) is 3.41. The summed E-state index contributed by atoms with van der Waals surface area (Å²) in [5.74, 6) is 0. The molecule has 11 heavy (non-hydrogen) atoms. The van der Waals surface area contributed by atoms with Gasteiger partial charge in [0, 0.05) is 0 Å². The second-order valence-electron chi connectivity index (χ2n) is 2.71. The minimum Gasteiger partial charge on any atom is -0.391 e. The van der Waals surface area contributed by atoms with E-state index in [-0.39, 0.29) is 0 Å². The highest BCUT2D eigenvalue weighted by Gasteiger charge is 2.43. The van der Waals surface area contributed by atoms with Gasteiger partial charge in [-0.25, -0.2) is 0 Å². The third-order valence-electron chi connectivity index (χ3n) is 1.75. The molecule has 0 bridgehead atoms. The Morgan fingerprint density at radius 1 is 1.18 bits per heavy atom. The number of ether oxygens (including phenoxy) is 1. The molecule has 0 aromatic heterocycles. The van der Waals surface area contributed by atoms with Gasteiger partial charge in [-0.1, -0.05) is 0 Å². The zero-order chi connectivity index (χ0) is 8.59. The third-order valence-corrected chi connectivity index (χ3v) is 1.75. The van der Waals surface area contributed by atoms with Gasteiger partial charge >= 0.3 is 0 Å². The molecule has 0 saturated carbocycles. The Morgan fingerprint density at radius 2 is 1.73 bits per heavy atom. The largest absolute Gasteiger partial charge is 0.391 e. The van der Waals surface area contributed by atoms with Crippen LogP contribution < -0.4 is 0 Å². The normalized spacial score (nSPS) is 47.7. The smallest absolute Gasteiger partial charge is 0.184 e. The van der Waals surface area contributed by atoms with E-state index >= 15 is 0 Å². The summed E-state index contributed by atoms with van der Waals surface area (Å²) in [6, 6.07) is 0. The molecular weight excluding hydrogens is 152 g/mol. The predicted molar refractivity (Wildman–Crippen MR) is 34.6 cm³/mol. The average molecular weight is 164 g/mol. The molecule has 1 aliphatic heterocycles. The van der Waals surface area contributed by atoms with Crippen LogP contribution in [-0.2, 0) is 4.74 Å². The van der Waals surface area contributed by atoms with E-state index in [2.05, 4.69) is 4.74 Å². The number of hydrogen-bond donors (Lipinski definition) is 4. The van der Waals surface area contributed by atoms with E-state index in [4.69, 9.17) is 20.4 Å². The van der Waals surface area contributed by atoms with Crippen LogP contribution in [0.2, 0.25) is 0 Å². The van der Waals surface area contributed by atoms with E-state index in [0.29, 0.717) is 0 Å². The molecular formula is C6H12O5. The van der Waals surface area contributed by atoms with Crippen LogP contribution in [0.15, 0.2) is 0 Å². The molecule has 5 nitrogen and oxygen atoms in total. The maximum atomic E-state index is 9.10. The van der Waals surface area contributed by atoms with Gasteiger partial charge in [0.15, 0.2) is 6.29 Å². The molecule has 1 saturated heterocycles. The van der Waals surface area contributed by atoms with Gasteiger partial charge in [-0.05, 0) is 6.92 Å². The molecule has 1 aliphatic rings. The van der Waals surface area contributed by atoms with Crippen LogP contribution in [0.4, 0.5) is 0 Å². The fourth-order valence-corrected chi connectivity index (χ4v) is 1.08. The van der Waals surface area contributed by atoms with Gasteiger partial charge in [0.05, 0.1) is 6.10 Å². The Hall–Kier alpha value is -0.200. The SMILES string of the molecule is C[C@@H](O)[C@@H]1OC(O)[C@@H](O)[C@H]1O. The number of hydrogen-bond acceptors (Lipinski definition) is 5. The third kappa shape index (κ3) is 1.52. The quantitative estimate of drug-likeness (QED) is 0.353. The Bertz CT molecular complexity index is 137. The van der Waals surface area contributed by atoms with Crippen molar-refractivity contribution in [2.24, 2.45) is 0 Å². The molecule has 4 N–H and O–H groups in total. The number of aliphatic hydroxyl groups is 4. The molecule has 0 aromatic carbocycles. The summed E-state index contributed by atoms with van der Waals surface area (Å²) in [6.07, 6.45) is -5.75. The van der Waals surface area contributed by atoms with E-state index in [1.165, 1.54) is 6.92 Å². The summed E-state index contributed by atoms with van der Waals surface area (Å²) in [7, 11) is 0. The van der Waals surface area contributed by atoms with Gasteiger partial charge in [-0.2, -0.15) is 0 Å². The first-order chi connectivity index (χ1) is 5.04. The summed E-state index contributed by atoms with van der Waals surface area (Å²) >= 11 is 0. The summed E-state index contributed by atoms with van der Waals surface area (Å²) in [5.41, 5.74) is 0. The topological polar surface area (TPSA) is 90.2 Å². The summed E-state index contributed by atoms with van der Waals surface area (Å²) in [5, 5.41) is 35.8. The van der Waals surface area contributed by atoms with E-state index < -0.39 is 30.7 Å². The standard InChI is InChI=1S/C6H12O5/c1-2(7)5-3(8)4(9)6(10)11-5/h2-10H,1H3/t2-,3-,4+,5+,6?/m1/s1. The molecule has 1 heterocycles. The van der Waals surface area contributed by atoms with Gasteiger partial charge < -0.3 is 25.2 Å². The van der Waals surface area contributed by atoms with Crippen molar-refractivity contribution < 1.29 is 25.2 Å². The van der Waals surface area contributed by atoms with Crippen molar-refractivity contribution in [1.82, 2.24) is 0 Å². The lowest BCUT2D eigenvalue weighted by atomic mass is 10.1. The molecule has 66 valence electrons. The Labute approximate surface area is 63.8 Å². The van der Waals surface area contributed by atoms with Crippen LogP contribution in [-0.4, -0.2) is 51.1 Å². The highest BCUT2D eigenvalue weighted by Crippen LogP contribution is 2.21. The average Bonchev–Trinajstić information content (AvgIpc) is 2.17. The van der Waals surface area contributed by atoms with Crippen LogP contribution in [0.1, 0.15) is 6.92 Å². The molecule has 5 atom stereocenters. The van der Waals surface area contributed by atoms with E-state index in [1.807, 2.05) is 0 Å². The maximum absolute atomic E-state index is 9.10. The zero-order valence-electron chi connectivity index (χ0n) is 6.08. The zero-order valence-corrected chi connectivity index (χ0v) is 6.08. The van der Waals surface area contributed by atoms with Gasteiger partial charge in [0.2, 0.25) is 0 Å². The van der Waals surface area contributed by atoms with Gasteiger partial charge in [-0.3, -0.25) is 0 Å². The molecule has 0 aliphatic carbocycles. The van der Waals surface area contributed by atoms with Crippen molar-refractivity contribution in [3.63, 3.8) is 0 Å². The predicted octanol–water partition coefficient (Wildman–Crippen LogP) is -2.19. The van der Waals surface area contributed by atoms with Gasteiger partial charge in [0.1, 0.15) is 18.3 Å². The molecule has 1 unspecified atom stereocenters. The van der Waals surface area contributed by atoms with E-state index in [9.17, 15) is 0 Å². The molecule has 0 spiro atoms. The first kappa shape index (κ1) is 8.89. The van der Waals surface area contributed by atoms with Crippen molar-refractivity contribution in [2.45, 2.75) is 37.6 Å². The Kier molecular flexibility index (Phi) is 2.46. The minimum absolute atomic E-state index is 0.903. The number of aliphatic hydroxyl groups excluding tert-OH is 4. The van der Waals surface area contributed by atoms with Crippen LogP contribution in [0.25, 0.3) is 0 Å². The lowest BCUT2D eigenvalue weighted by Crippen LogP contribution is -2.37. The Balaban J connectivity index is 2.59. The maximum Gasteiger partial charge on any atom is 0.184 e. The monoisotopic (exact) mass is 164 g/mol. The fourth-order valence-electron chi connectivity index (χ4n) is 1.08. The summed E-state index contributed by atoms with van der Waals surface area (Å²) in [6.45, 7) is 1.42. The summed E-state index contributed by atoms with van der Waals surface area (Å²) < 4.78 is 4.65. The molecule has 0 aromatic rings. The van der Waals surface area contributed by atoms with Gasteiger partial charge in [0.25, 0.3) is 0 Å². The van der Waals surface area contributed by atoms with E-state index in [1.54, 1.807) is 0 Å². The minimum atomic E-state index is -1.40. The highest BCUT2D eigenvalue weighted by molar-refractivity contribution is 4.88. The molecule has 1 rings (SSSR count). The van der Waals surface area contributed by atoms with Crippen molar-refractivity contribution in [2.75, 3.05) is 0 Å². The molecule has 5 heteroatoms. The lowest BCUT2D eigenvalue weighted by molar-refractivity contribution is -0.143. The molecule has 0 amide bonds. The first-order valence-corrected chi connectivity index (χ1v) is 3.41. The van der Waals surface area contributed by atoms with Gasteiger partial charge in [-0.15, -0.1) is 0 Å². The van der Waals surface area contributed by atoms with Crippen molar-refractivity contribution in [3.8, 4) is 0 Å². The van der Waals surface area contributed by atoms with Crippen molar-refractivity contribution in [3.05, 3.63) is 0 Å². The van der Waals surface area contributed by atoms with Crippen LogP contribution in [0.3, 0.4) is 0 Å². The van der Waals surface area contributed by atoms with Crippen molar-refractivity contribution >= 4 is 0 Å². The fraction of sp³-hybridized carbons (Fsp3) is 1.00. The molecule has 0 radical (unpaired) electrons.